The van der Waals surface area contributed by atoms with Crippen LogP contribution in [-0.4, -0.2) is 36.8 Å². The van der Waals surface area contributed by atoms with Crippen LogP contribution in [0.2, 0.25) is 0 Å². The third kappa shape index (κ3) is 3.44. The third-order valence-corrected chi connectivity index (χ3v) is 4.66. The van der Waals surface area contributed by atoms with Crippen LogP contribution >= 0.6 is 0 Å². The molecular formula is C20H29N3O. The Bertz CT molecular complexity index is 688. The standard InChI is InChI=1S/C20H29N3O/c1-15(2)10-23-14-21(4)12-18-13-22(16(3)20(18)23)11-17-6-8-19(24-5)9-7-17/h6-9,13,15H,10-12,14H2,1-5H3. The second-order valence-corrected chi connectivity index (χ2v) is 7.34. The third-order valence-electron chi connectivity index (χ3n) is 4.66. The first-order valence-corrected chi connectivity index (χ1v) is 8.73. The monoisotopic (exact) mass is 327 g/mol. The number of aromatic nitrogens is 1. The van der Waals surface area contributed by atoms with E-state index in [9.17, 15) is 0 Å². The maximum atomic E-state index is 5.25. The van der Waals surface area contributed by atoms with E-state index < -0.39 is 0 Å². The van der Waals surface area contributed by atoms with Gasteiger partial charge in [-0.15, -0.1) is 0 Å². The van der Waals surface area contributed by atoms with Crippen molar-refractivity contribution >= 4 is 5.69 Å². The molecule has 1 aromatic heterocycles. The number of ether oxygens (including phenoxy) is 1. The van der Waals surface area contributed by atoms with E-state index in [4.69, 9.17) is 4.74 Å². The summed E-state index contributed by atoms with van der Waals surface area (Å²) < 4.78 is 7.64. The number of methoxy groups -OCH3 is 1. The van der Waals surface area contributed by atoms with Crippen LogP contribution in [-0.2, 0) is 13.1 Å². The first-order chi connectivity index (χ1) is 11.5. The lowest BCUT2D eigenvalue weighted by Crippen LogP contribution is -2.41. The summed E-state index contributed by atoms with van der Waals surface area (Å²) in [7, 11) is 3.91. The molecule has 0 saturated carbocycles. The molecule has 2 heterocycles. The zero-order chi connectivity index (χ0) is 17.3. The minimum atomic E-state index is 0.661. The van der Waals surface area contributed by atoms with Gasteiger partial charge in [-0.25, -0.2) is 0 Å². The lowest BCUT2D eigenvalue weighted by molar-refractivity contribution is 0.304. The predicted molar refractivity (Wildman–Crippen MR) is 99.8 cm³/mol. The Morgan fingerprint density at radius 3 is 2.50 bits per heavy atom. The van der Waals surface area contributed by atoms with Gasteiger partial charge < -0.3 is 14.2 Å². The van der Waals surface area contributed by atoms with Crippen LogP contribution in [0.3, 0.4) is 0 Å². The van der Waals surface area contributed by atoms with Crippen molar-refractivity contribution in [2.75, 3.05) is 32.3 Å². The Hall–Kier alpha value is -1.94. The van der Waals surface area contributed by atoms with Crippen molar-refractivity contribution in [1.82, 2.24) is 9.47 Å². The van der Waals surface area contributed by atoms with Crippen LogP contribution in [0.1, 0.15) is 30.7 Å². The van der Waals surface area contributed by atoms with Crippen molar-refractivity contribution in [2.45, 2.75) is 33.9 Å². The number of benzene rings is 1. The summed E-state index contributed by atoms with van der Waals surface area (Å²) in [6.45, 7) is 10.9. The fraction of sp³-hybridized carbons (Fsp3) is 0.500. The Kier molecular flexibility index (Phi) is 4.86. The summed E-state index contributed by atoms with van der Waals surface area (Å²) in [6.07, 6.45) is 2.33. The van der Waals surface area contributed by atoms with Crippen molar-refractivity contribution in [3.8, 4) is 5.75 Å². The van der Waals surface area contributed by atoms with Crippen molar-refractivity contribution in [2.24, 2.45) is 5.92 Å². The van der Waals surface area contributed by atoms with Crippen molar-refractivity contribution in [3.05, 3.63) is 47.3 Å². The largest absolute Gasteiger partial charge is 0.497 e. The van der Waals surface area contributed by atoms with E-state index >= 15 is 0 Å². The molecule has 4 heteroatoms. The van der Waals surface area contributed by atoms with E-state index in [-0.39, 0.29) is 0 Å². The summed E-state index contributed by atoms with van der Waals surface area (Å²) in [6, 6.07) is 8.37. The second kappa shape index (κ2) is 6.89. The number of nitrogens with zero attached hydrogens (tertiary/aromatic N) is 3. The van der Waals surface area contributed by atoms with Crippen molar-refractivity contribution in [3.63, 3.8) is 0 Å². The molecule has 0 spiro atoms. The molecule has 0 aliphatic carbocycles. The van der Waals surface area contributed by atoms with Gasteiger partial charge in [0.25, 0.3) is 0 Å². The zero-order valence-electron chi connectivity index (χ0n) is 15.5. The van der Waals surface area contributed by atoms with Gasteiger partial charge in [-0.2, -0.15) is 0 Å². The average Bonchev–Trinajstić information content (AvgIpc) is 2.83. The predicted octanol–water partition coefficient (Wildman–Crippen LogP) is 3.72. The molecule has 0 unspecified atom stereocenters. The number of hydrogen-bond donors (Lipinski definition) is 0. The molecule has 1 aliphatic rings. The number of anilines is 1. The zero-order valence-corrected chi connectivity index (χ0v) is 15.5. The topological polar surface area (TPSA) is 20.6 Å². The Balaban J connectivity index is 1.87. The fourth-order valence-corrected chi connectivity index (χ4v) is 3.65. The SMILES string of the molecule is COc1ccc(Cn2cc3c(c2C)N(CC(C)C)CN(C)C3)cc1. The number of fused-ring (bicyclic) bond motifs is 1. The molecule has 1 aromatic carbocycles. The quantitative estimate of drug-likeness (QED) is 0.835. The first-order valence-electron chi connectivity index (χ1n) is 8.73. The molecular weight excluding hydrogens is 298 g/mol. The summed E-state index contributed by atoms with van der Waals surface area (Å²) in [5.74, 6) is 1.57. The van der Waals surface area contributed by atoms with Crippen LogP contribution in [0.4, 0.5) is 5.69 Å². The van der Waals surface area contributed by atoms with Gasteiger partial charge in [0.2, 0.25) is 0 Å². The molecule has 0 atom stereocenters. The lowest BCUT2D eigenvalue weighted by atomic mass is 10.1. The highest BCUT2D eigenvalue weighted by Gasteiger charge is 2.25. The molecule has 0 radical (unpaired) electrons. The van der Waals surface area contributed by atoms with E-state index in [1.165, 1.54) is 22.5 Å². The van der Waals surface area contributed by atoms with Gasteiger partial charge in [-0.05, 0) is 37.6 Å². The van der Waals surface area contributed by atoms with E-state index in [0.717, 1.165) is 32.1 Å². The molecule has 2 aromatic rings. The molecule has 0 N–H and O–H groups in total. The lowest BCUT2D eigenvalue weighted by Gasteiger charge is -2.36. The highest BCUT2D eigenvalue weighted by Crippen LogP contribution is 2.33. The summed E-state index contributed by atoms with van der Waals surface area (Å²) >= 11 is 0. The highest BCUT2D eigenvalue weighted by molar-refractivity contribution is 5.60. The molecule has 0 amide bonds. The average molecular weight is 327 g/mol. The van der Waals surface area contributed by atoms with Crippen LogP contribution in [0.5, 0.6) is 5.75 Å². The van der Waals surface area contributed by atoms with Gasteiger partial charge in [0.15, 0.2) is 0 Å². The molecule has 1 aliphatic heterocycles. The normalized spacial score (nSPS) is 15.0. The van der Waals surface area contributed by atoms with Gasteiger partial charge in [0.05, 0.1) is 19.5 Å². The second-order valence-electron chi connectivity index (χ2n) is 7.34. The Morgan fingerprint density at radius 2 is 1.88 bits per heavy atom. The van der Waals surface area contributed by atoms with Crippen LogP contribution in [0.25, 0.3) is 0 Å². The van der Waals surface area contributed by atoms with Gasteiger partial charge in [0.1, 0.15) is 5.75 Å². The van der Waals surface area contributed by atoms with Crippen molar-refractivity contribution < 1.29 is 4.74 Å². The molecule has 0 fully saturated rings. The molecule has 130 valence electrons. The molecule has 24 heavy (non-hydrogen) atoms. The molecule has 3 rings (SSSR count). The highest BCUT2D eigenvalue weighted by atomic mass is 16.5. The van der Waals surface area contributed by atoms with E-state index in [0.29, 0.717) is 5.92 Å². The molecule has 0 bridgehead atoms. The van der Waals surface area contributed by atoms with Gasteiger partial charge in [-0.3, -0.25) is 4.90 Å². The Morgan fingerprint density at radius 1 is 1.17 bits per heavy atom. The van der Waals surface area contributed by atoms with Gasteiger partial charge in [-0.1, -0.05) is 26.0 Å². The summed E-state index contributed by atoms with van der Waals surface area (Å²) in [5, 5.41) is 0. The van der Waals surface area contributed by atoms with Gasteiger partial charge >= 0.3 is 0 Å². The van der Waals surface area contributed by atoms with Crippen LogP contribution in [0, 0.1) is 12.8 Å². The maximum Gasteiger partial charge on any atom is 0.118 e. The number of hydrogen-bond acceptors (Lipinski definition) is 3. The summed E-state index contributed by atoms with van der Waals surface area (Å²) in [4.78, 5) is 4.92. The molecule has 4 nitrogen and oxygen atoms in total. The van der Waals surface area contributed by atoms with E-state index in [1.807, 2.05) is 12.1 Å². The summed E-state index contributed by atoms with van der Waals surface area (Å²) in [5.41, 5.74) is 5.55. The van der Waals surface area contributed by atoms with Crippen LogP contribution in [0.15, 0.2) is 30.5 Å². The van der Waals surface area contributed by atoms with Gasteiger partial charge in [0, 0.05) is 37.1 Å². The first kappa shape index (κ1) is 16.9. The minimum absolute atomic E-state index is 0.661. The Labute approximate surface area is 145 Å². The smallest absolute Gasteiger partial charge is 0.118 e. The minimum Gasteiger partial charge on any atom is -0.497 e. The van der Waals surface area contributed by atoms with Crippen LogP contribution < -0.4 is 9.64 Å². The number of rotatable bonds is 5. The fourth-order valence-electron chi connectivity index (χ4n) is 3.65. The maximum absolute atomic E-state index is 5.25. The van der Waals surface area contributed by atoms with E-state index in [2.05, 4.69) is 60.5 Å². The van der Waals surface area contributed by atoms with Crippen molar-refractivity contribution in [1.29, 1.82) is 0 Å². The molecule has 0 saturated heterocycles. The van der Waals surface area contributed by atoms with E-state index in [1.54, 1.807) is 7.11 Å².